The van der Waals surface area contributed by atoms with Crippen LogP contribution in [0.15, 0.2) is 109 Å². The number of imidazole rings is 2. The molecule has 5 heteroatoms. The van der Waals surface area contributed by atoms with Crippen LogP contribution in [0.3, 0.4) is 0 Å². The topological polar surface area (TPSA) is 59.4 Å². The van der Waals surface area contributed by atoms with Gasteiger partial charge >= 0.3 is 0 Å². The quantitative estimate of drug-likeness (QED) is 0.227. The number of fused-ring (bicyclic) bond motifs is 4. The van der Waals surface area contributed by atoms with Crippen molar-refractivity contribution >= 4 is 33.0 Å². The smallest absolute Gasteiger partial charge is 0.114 e. The molecule has 0 radical (unpaired) electrons. The molecule has 3 aromatic heterocycles. The molecular formula is C35H27N5. The lowest BCUT2D eigenvalue weighted by atomic mass is 10.00. The highest BCUT2D eigenvalue weighted by atomic mass is 15.1. The van der Waals surface area contributed by atoms with Gasteiger partial charge in [0.2, 0.25) is 0 Å². The van der Waals surface area contributed by atoms with Crippen LogP contribution in [0, 0.1) is 5.92 Å². The molecule has 7 aromatic rings. The Kier molecular flexibility index (Phi) is 5.17. The van der Waals surface area contributed by atoms with Gasteiger partial charge in [-0.2, -0.15) is 0 Å². The van der Waals surface area contributed by atoms with Gasteiger partial charge in [-0.05, 0) is 47.5 Å². The van der Waals surface area contributed by atoms with E-state index in [0.29, 0.717) is 5.92 Å². The number of pyridine rings is 1. The molecule has 1 aliphatic rings. The Balaban J connectivity index is 1.21. The minimum Gasteiger partial charge on any atom is -0.340 e. The summed E-state index contributed by atoms with van der Waals surface area (Å²) in [5.41, 5.74) is 10.6. The van der Waals surface area contributed by atoms with E-state index < -0.39 is 0 Å². The standard InChI is InChI=1S/C35H27N5/c1-2-32-36-29-12-5-6-13-30(29)40(32)26-18-16-23(17-19-26)24-8-7-9-25(21-24)33-35-34(27-10-3-4-11-28(27)37-33)38-31(39-35)20-22-14-15-22/h3-19,21-22H,2,20H2,1H3,(H,38,39). The summed E-state index contributed by atoms with van der Waals surface area (Å²) in [7, 11) is 0. The molecule has 1 N–H and O–H groups in total. The molecule has 0 bridgehead atoms. The van der Waals surface area contributed by atoms with Crippen molar-refractivity contribution in [1.82, 2.24) is 24.5 Å². The second-order valence-corrected chi connectivity index (χ2v) is 10.5. The summed E-state index contributed by atoms with van der Waals surface area (Å²) in [4.78, 5) is 18.6. The number of hydrogen-bond donors (Lipinski definition) is 1. The number of aryl methyl sites for hydroxylation is 1. The molecule has 0 spiro atoms. The number of nitrogens with one attached hydrogen (secondary N) is 1. The Morgan fingerprint density at radius 3 is 2.33 bits per heavy atom. The molecule has 5 nitrogen and oxygen atoms in total. The van der Waals surface area contributed by atoms with E-state index >= 15 is 0 Å². The number of para-hydroxylation sites is 3. The zero-order valence-corrected chi connectivity index (χ0v) is 22.2. The third-order valence-corrected chi connectivity index (χ3v) is 7.82. The van der Waals surface area contributed by atoms with Crippen molar-refractivity contribution in [1.29, 1.82) is 0 Å². The van der Waals surface area contributed by atoms with Gasteiger partial charge in [0.1, 0.15) is 17.2 Å². The van der Waals surface area contributed by atoms with Crippen molar-refractivity contribution in [2.75, 3.05) is 0 Å². The molecule has 8 rings (SSSR count). The van der Waals surface area contributed by atoms with Crippen molar-refractivity contribution in [2.24, 2.45) is 5.92 Å². The maximum Gasteiger partial charge on any atom is 0.114 e. The molecule has 192 valence electrons. The van der Waals surface area contributed by atoms with Gasteiger partial charge in [-0.1, -0.05) is 79.7 Å². The minimum absolute atomic E-state index is 0.517. The molecule has 4 aromatic carbocycles. The molecule has 40 heavy (non-hydrogen) atoms. The summed E-state index contributed by atoms with van der Waals surface area (Å²) in [5, 5.41) is 1.08. The number of benzene rings is 4. The van der Waals surface area contributed by atoms with Gasteiger partial charge < -0.3 is 4.98 Å². The van der Waals surface area contributed by atoms with Crippen molar-refractivity contribution in [2.45, 2.75) is 19.8 Å². The third-order valence-electron chi connectivity index (χ3n) is 7.82. The number of nitrogens with zero attached hydrogens (tertiary/aromatic N) is 4. The Hall–Kier alpha value is -5.03. The molecule has 0 amide bonds. The summed E-state index contributed by atoms with van der Waals surface area (Å²) >= 11 is 0. The first-order valence-electron chi connectivity index (χ1n) is 13.9. The molecular weight excluding hydrogens is 490 g/mol. The van der Waals surface area contributed by atoms with E-state index in [1.165, 1.54) is 0 Å². The van der Waals surface area contributed by atoms with Crippen molar-refractivity contribution in [3.8, 4) is 28.1 Å². The average Bonchev–Trinajstić information content (AvgIpc) is 3.58. The number of H-pyrrole nitrogens is 1. The lowest BCUT2D eigenvalue weighted by molar-refractivity contribution is 0.843. The summed E-state index contributed by atoms with van der Waals surface area (Å²) in [6.07, 6.45) is 6.22. The Labute approximate surface area is 231 Å². The number of hydrogen-bond acceptors (Lipinski definition) is 3. The number of aromatic amines is 1. The molecule has 0 fully saturated rings. The van der Waals surface area contributed by atoms with Gasteiger partial charge in [-0.15, -0.1) is 0 Å². The fourth-order valence-corrected chi connectivity index (χ4v) is 5.73. The Morgan fingerprint density at radius 1 is 0.725 bits per heavy atom. The van der Waals surface area contributed by atoms with Crippen LogP contribution in [0.2, 0.25) is 0 Å². The summed E-state index contributed by atoms with van der Waals surface area (Å²) in [6, 6.07) is 34.0. The summed E-state index contributed by atoms with van der Waals surface area (Å²) < 4.78 is 2.26. The van der Waals surface area contributed by atoms with Crippen LogP contribution >= 0.6 is 0 Å². The molecule has 0 saturated carbocycles. The van der Waals surface area contributed by atoms with Crippen molar-refractivity contribution in [3.63, 3.8) is 0 Å². The first-order valence-corrected chi connectivity index (χ1v) is 13.9. The van der Waals surface area contributed by atoms with Crippen LogP contribution in [0.4, 0.5) is 0 Å². The molecule has 0 aliphatic heterocycles. The monoisotopic (exact) mass is 517 g/mol. The fraction of sp³-hybridized carbons (Fsp3) is 0.114. The van der Waals surface area contributed by atoms with E-state index in [9.17, 15) is 0 Å². The van der Waals surface area contributed by atoms with Crippen molar-refractivity contribution < 1.29 is 0 Å². The highest BCUT2D eigenvalue weighted by Crippen LogP contribution is 2.34. The van der Waals surface area contributed by atoms with Crippen molar-refractivity contribution in [3.05, 3.63) is 121 Å². The van der Waals surface area contributed by atoms with E-state index in [0.717, 1.165) is 85.5 Å². The molecule has 0 saturated heterocycles. The predicted molar refractivity (Wildman–Crippen MR) is 163 cm³/mol. The van der Waals surface area contributed by atoms with Crippen LogP contribution in [0.1, 0.15) is 18.6 Å². The van der Waals surface area contributed by atoms with Crippen LogP contribution in [-0.2, 0) is 12.8 Å². The van der Waals surface area contributed by atoms with Gasteiger partial charge in [0.25, 0.3) is 0 Å². The first-order chi connectivity index (χ1) is 19.7. The average molecular weight is 518 g/mol. The van der Waals surface area contributed by atoms with E-state index in [-0.39, 0.29) is 0 Å². The predicted octanol–water partition coefficient (Wildman–Crippen LogP) is 8.07. The maximum atomic E-state index is 5.12. The lowest BCUT2D eigenvalue weighted by Gasteiger charge is -2.11. The zero-order valence-electron chi connectivity index (χ0n) is 22.2. The second-order valence-electron chi connectivity index (χ2n) is 10.5. The third kappa shape index (κ3) is 3.82. The Bertz CT molecular complexity index is 2070. The second kappa shape index (κ2) is 9.02. The van der Waals surface area contributed by atoms with Gasteiger partial charge in [0.05, 0.1) is 27.8 Å². The minimum atomic E-state index is 0.517. The largest absolute Gasteiger partial charge is 0.340 e. The van der Waals surface area contributed by atoms with Gasteiger partial charge in [-0.3, -0.25) is 4.57 Å². The Morgan fingerprint density at radius 2 is 1.50 bits per heavy atom. The first kappa shape index (κ1) is 22.9. The highest BCUT2D eigenvalue weighted by molar-refractivity contribution is 6.07. The van der Waals surface area contributed by atoms with Crippen LogP contribution < -0.4 is 0 Å². The van der Waals surface area contributed by atoms with E-state index in [1.54, 1.807) is 0 Å². The molecule has 0 unspecified atom stereocenters. The number of rotatable bonds is 6. The van der Waals surface area contributed by atoms with E-state index in [1.807, 2.05) is 12.1 Å². The summed E-state index contributed by atoms with van der Waals surface area (Å²) in [5.74, 6) is 2.59. The van der Waals surface area contributed by atoms with Gasteiger partial charge in [0, 0.05) is 35.4 Å². The fourth-order valence-electron chi connectivity index (χ4n) is 5.73. The zero-order chi connectivity index (χ0) is 26.6. The maximum absolute atomic E-state index is 5.12. The molecule has 1 aliphatic carbocycles. The summed E-state index contributed by atoms with van der Waals surface area (Å²) in [6.45, 7) is 2.15. The number of allylic oxidation sites excluding steroid dienone is 2. The van der Waals surface area contributed by atoms with E-state index in [2.05, 4.69) is 114 Å². The normalized spacial score (nSPS) is 13.1. The number of aromatic nitrogens is 5. The van der Waals surface area contributed by atoms with Crippen LogP contribution in [-0.4, -0.2) is 24.5 Å². The highest BCUT2D eigenvalue weighted by Gasteiger charge is 2.19. The van der Waals surface area contributed by atoms with Gasteiger partial charge in [0.15, 0.2) is 0 Å². The van der Waals surface area contributed by atoms with Crippen LogP contribution in [0.5, 0.6) is 0 Å². The van der Waals surface area contributed by atoms with Crippen LogP contribution in [0.25, 0.3) is 61.0 Å². The molecule has 3 heterocycles. The van der Waals surface area contributed by atoms with Gasteiger partial charge in [-0.25, -0.2) is 15.0 Å². The van der Waals surface area contributed by atoms with E-state index in [4.69, 9.17) is 15.0 Å². The SMILES string of the molecule is CCc1nc2ccccc2n1-c1ccc(-c2cccc(-c3nc4ccccc4c4nc(CC5C=C5)[nH]c34)c2)cc1. The molecule has 0 atom stereocenters. The lowest BCUT2D eigenvalue weighted by Crippen LogP contribution is -1.99.